The second-order valence-corrected chi connectivity index (χ2v) is 7.09. The van der Waals surface area contributed by atoms with E-state index in [0.717, 1.165) is 25.7 Å². The molecule has 1 aromatic heterocycles. The molecule has 0 bridgehead atoms. The molecule has 1 aliphatic carbocycles. The first kappa shape index (κ1) is 14.9. The highest BCUT2D eigenvalue weighted by Gasteiger charge is 2.30. The van der Waals surface area contributed by atoms with Crippen LogP contribution in [0.15, 0.2) is 23.2 Å². The van der Waals surface area contributed by atoms with E-state index in [1.54, 1.807) is 13.1 Å². The number of aromatic nitrogens is 1. The quantitative estimate of drug-likeness (QED) is 0.801. The molecule has 1 fully saturated rings. The lowest BCUT2D eigenvalue weighted by Crippen LogP contribution is -2.37. The van der Waals surface area contributed by atoms with E-state index < -0.39 is 10.0 Å². The van der Waals surface area contributed by atoms with E-state index in [-0.39, 0.29) is 16.6 Å². The SMILES string of the molecule is CN(C1CCCCCC1)S(=O)(=O)c1cccnc1C#N. The Labute approximate surface area is 120 Å². The third-order valence-electron chi connectivity index (χ3n) is 3.87. The van der Waals surface area contributed by atoms with E-state index in [4.69, 9.17) is 5.26 Å². The zero-order valence-electron chi connectivity index (χ0n) is 11.6. The minimum absolute atomic E-state index is 0.00856. The highest BCUT2D eigenvalue weighted by Crippen LogP contribution is 2.26. The number of nitrogens with zero attached hydrogens (tertiary/aromatic N) is 3. The summed E-state index contributed by atoms with van der Waals surface area (Å²) in [6, 6.07) is 4.88. The molecule has 1 heterocycles. The molecule has 0 atom stereocenters. The van der Waals surface area contributed by atoms with Crippen LogP contribution in [0.4, 0.5) is 0 Å². The number of sulfonamides is 1. The summed E-state index contributed by atoms with van der Waals surface area (Å²) in [7, 11) is -2.04. The summed E-state index contributed by atoms with van der Waals surface area (Å²) in [5.74, 6) is 0. The zero-order chi connectivity index (χ0) is 14.6. The number of hydrogen-bond acceptors (Lipinski definition) is 4. The second-order valence-electron chi connectivity index (χ2n) is 5.13. The molecule has 0 amide bonds. The van der Waals surface area contributed by atoms with Gasteiger partial charge in [-0.15, -0.1) is 0 Å². The predicted octanol–water partition coefficient (Wildman–Crippen LogP) is 2.30. The molecule has 0 aromatic carbocycles. The van der Waals surface area contributed by atoms with Crippen molar-refractivity contribution in [2.45, 2.75) is 49.5 Å². The fourth-order valence-electron chi connectivity index (χ4n) is 2.66. The topological polar surface area (TPSA) is 74.1 Å². The first-order chi connectivity index (χ1) is 9.57. The maximum atomic E-state index is 12.7. The summed E-state index contributed by atoms with van der Waals surface area (Å²) in [5, 5.41) is 9.02. The molecule has 1 saturated carbocycles. The summed E-state index contributed by atoms with van der Waals surface area (Å²) < 4.78 is 26.7. The van der Waals surface area contributed by atoms with Crippen molar-refractivity contribution in [1.82, 2.24) is 9.29 Å². The molecule has 0 unspecified atom stereocenters. The molecule has 6 heteroatoms. The molecule has 1 aliphatic rings. The summed E-state index contributed by atoms with van der Waals surface area (Å²) in [4.78, 5) is 3.85. The Morgan fingerprint density at radius 1 is 1.30 bits per heavy atom. The standard InChI is InChI=1S/C14H19N3O2S/c1-17(12-7-4-2-3-5-8-12)20(18,19)14-9-6-10-16-13(14)11-15/h6,9-10,12H,2-5,7-8H2,1H3. The van der Waals surface area contributed by atoms with Crippen LogP contribution in [0.1, 0.15) is 44.2 Å². The molecule has 5 nitrogen and oxygen atoms in total. The highest BCUT2D eigenvalue weighted by molar-refractivity contribution is 7.89. The van der Waals surface area contributed by atoms with Crippen molar-refractivity contribution in [3.63, 3.8) is 0 Å². The van der Waals surface area contributed by atoms with Crippen LogP contribution in [0, 0.1) is 11.3 Å². The van der Waals surface area contributed by atoms with Crippen molar-refractivity contribution in [2.75, 3.05) is 7.05 Å². The van der Waals surface area contributed by atoms with Crippen molar-refractivity contribution < 1.29 is 8.42 Å². The molecular formula is C14H19N3O2S. The lowest BCUT2D eigenvalue weighted by molar-refractivity contribution is 0.335. The fraction of sp³-hybridized carbons (Fsp3) is 0.571. The number of nitriles is 1. The van der Waals surface area contributed by atoms with E-state index in [2.05, 4.69) is 4.98 Å². The Balaban J connectivity index is 2.31. The Morgan fingerprint density at radius 3 is 2.55 bits per heavy atom. The van der Waals surface area contributed by atoms with Crippen molar-refractivity contribution in [2.24, 2.45) is 0 Å². The van der Waals surface area contributed by atoms with Gasteiger partial charge in [0.1, 0.15) is 11.0 Å². The van der Waals surface area contributed by atoms with E-state index in [9.17, 15) is 8.42 Å². The number of pyridine rings is 1. The largest absolute Gasteiger partial charge is 0.245 e. The van der Waals surface area contributed by atoms with E-state index >= 15 is 0 Å². The maximum Gasteiger partial charge on any atom is 0.245 e. The summed E-state index contributed by atoms with van der Waals surface area (Å²) in [5.41, 5.74) is -0.0343. The Bertz CT molecular complexity index is 599. The third-order valence-corrected chi connectivity index (χ3v) is 5.81. The highest BCUT2D eigenvalue weighted by atomic mass is 32.2. The van der Waals surface area contributed by atoms with Gasteiger partial charge in [0, 0.05) is 19.3 Å². The Kier molecular flexibility index (Phi) is 4.73. The Hall–Kier alpha value is -1.45. The molecule has 108 valence electrons. The number of rotatable bonds is 3. The van der Waals surface area contributed by atoms with Crippen LogP contribution < -0.4 is 0 Å². The molecule has 2 rings (SSSR count). The molecule has 0 spiro atoms. The zero-order valence-corrected chi connectivity index (χ0v) is 12.4. The van der Waals surface area contributed by atoms with Gasteiger partial charge in [0.05, 0.1) is 0 Å². The first-order valence-corrected chi connectivity index (χ1v) is 8.34. The third kappa shape index (κ3) is 3.00. The summed E-state index contributed by atoms with van der Waals surface area (Å²) in [6.07, 6.45) is 7.66. The smallest absolute Gasteiger partial charge is 0.244 e. The van der Waals surface area contributed by atoms with Crippen LogP contribution in [0.5, 0.6) is 0 Å². The van der Waals surface area contributed by atoms with Gasteiger partial charge in [0.15, 0.2) is 5.69 Å². The van der Waals surface area contributed by atoms with Gasteiger partial charge in [-0.25, -0.2) is 13.4 Å². The summed E-state index contributed by atoms with van der Waals surface area (Å²) >= 11 is 0. The van der Waals surface area contributed by atoms with Gasteiger partial charge in [0.2, 0.25) is 10.0 Å². The lowest BCUT2D eigenvalue weighted by atomic mass is 10.1. The van der Waals surface area contributed by atoms with Crippen LogP contribution >= 0.6 is 0 Å². The monoisotopic (exact) mass is 293 g/mol. The number of hydrogen-bond donors (Lipinski definition) is 0. The molecule has 20 heavy (non-hydrogen) atoms. The van der Waals surface area contributed by atoms with Crippen molar-refractivity contribution in [3.05, 3.63) is 24.0 Å². The van der Waals surface area contributed by atoms with Gasteiger partial charge in [-0.05, 0) is 25.0 Å². The van der Waals surface area contributed by atoms with Crippen molar-refractivity contribution in [1.29, 1.82) is 5.26 Å². The van der Waals surface area contributed by atoms with Gasteiger partial charge in [0.25, 0.3) is 0 Å². The van der Waals surface area contributed by atoms with Crippen molar-refractivity contribution in [3.8, 4) is 6.07 Å². The Morgan fingerprint density at radius 2 is 1.95 bits per heavy atom. The van der Waals surface area contributed by atoms with Crippen LogP contribution in [0.2, 0.25) is 0 Å². The van der Waals surface area contributed by atoms with Gasteiger partial charge >= 0.3 is 0 Å². The second kappa shape index (κ2) is 6.33. The van der Waals surface area contributed by atoms with Crippen LogP contribution in [0.25, 0.3) is 0 Å². The van der Waals surface area contributed by atoms with E-state index in [0.29, 0.717) is 0 Å². The minimum Gasteiger partial charge on any atom is -0.244 e. The van der Waals surface area contributed by atoms with Crippen LogP contribution in [-0.2, 0) is 10.0 Å². The molecule has 0 N–H and O–H groups in total. The average molecular weight is 293 g/mol. The molecule has 0 aliphatic heterocycles. The van der Waals surface area contributed by atoms with Gasteiger partial charge < -0.3 is 0 Å². The molecule has 0 radical (unpaired) electrons. The fourth-order valence-corrected chi connectivity index (χ4v) is 4.16. The van der Waals surface area contributed by atoms with Gasteiger partial charge in [-0.3, -0.25) is 0 Å². The van der Waals surface area contributed by atoms with Gasteiger partial charge in [-0.2, -0.15) is 9.57 Å². The van der Waals surface area contributed by atoms with E-state index in [1.165, 1.54) is 29.4 Å². The van der Waals surface area contributed by atoms with Crippen LogP contribution in [-0.4, -0.2) is 30.8 Å². The average Bonchev–Trinajstić information content (AvgIpc) is 2.75. The predicted molar refractivity (Wildman–Crippen MR) is 75.4 cm³/mol. The molecule has 0 saturated heterocycles. The minimum atomic E-state index is -3.65. The normalized spacial score (nSPS) is 17.6. The van der Waals surface area contributed by atoms with Gasteiger partial charge in [-0.1, -0.05) is 25.7 Å². The molecular weight excluding hydrogens is 274 g/mol. The van der Waals surface area contributed by atoms with Crippen LogP contribution in [0.3, 0.4) is 0 Å². The van der Waals surface area contributed by atoms with Crippen molar-refractivity contribution >= 4 is 10.0 Å². The first-order valence-electron chi connectivity index (χ1n) is 6.90. The maximum absolute atomic E-state index is 12.7. The van der Waals surface area contributed by atoms with E-state index in [1.807, 2.05) is 6.07 Å². The summed E-state index contributed by atoms with van der Waals surface area (Å²) in [6.45, 7) is 0. The lowest BCUT2D eigenvalue weighted by Gasteiger charge is -2.26. The molecule has 1 aromatic rings.